The Morgan fingerprint density at radius 1 is 0.260 bits per heavy atom. The van der Waals surface area contributed by atoms with Crippen molar-refractivity contribution < 1.29 is 56.8 Å². The number of hydrogen-bond acceptors (Lipinski definition) is 12. The van der Waals surface area contributed by atoms with Crippen molar-refractivity contribution in [2.75, 3.05) is 26.4 Å². The highest BCUT2D eigenvalue weighted by Gasteiger charge is 2.14. The minimum Gasteiger partial charge on any atom is -0.486 e. The quantitative estimate of drug-likeness (QED) is 0.0206. The SMILES string of the molecule is C=C(C)Oc1ccc(CCCCc2ccc(OC(=C)C)c(OC(=C)C)c2)cc1OC(=C)C.CC=CCOc1ccc(CCCCc2ccc(OCC=CC)c(OCC=CC)c2)cc1OCC=CC.CCC=COc1ccc(CCCCc2ccc(OC=CCC)c(OC=CCC)c2)cc1OC=CCC. The number of unbranched alkanes of at least 4 members (excludes halogenated alkanes) is 3. The van der Waals surface area contributed by atoms with E-state index >= 15 is 0 Å². The number of allylic oxidation sites excluding steroid dienone is 12. The van der Waals surface area contributed by atoms with Crippen LogP contribution in [0.4, 0.5) is 0 Å². The average molecular weight is 1420 g/mol. The first-order valence-corrected chi connectivity index (χ1v) is 36.9. The second-order valence-corrected chi connectivity index (χ2v) is 24.6. The highest BCUT2D eigenvalue weighted by atomic mass is 16.5. The van der Waals surface area contributed by atoms with E-state index in [0.29, 0.717) is 72.5 Å². The van der Waals surface area contributed by atoms with Gasteiger partial charge in [-0.2, -0.15) is 0 Å². The van der Waals surface area contributed by atoms with E-state index in [2.05, 4.69) is 115 Å². The summed E-state index contributed by atoms with van der Waals surface area (Å²) < 4.78 is 69.7. The fraction of sp³-hybridized carbons (Fsp3) is 0.348. The molecule has 6 rings (SSSR count). The molecule has 558 valence electrons. The lowest BCUT2D eigenvalue weighted by molar-refractivity contribution is 0.307. The summed E-state index contributed by atoms with van der Waals surface area (Å²) >= 11 is 0. The van der Waals surface area contributed by atoms with Gasteiger partial charge >= 0.3 is 0 Å². The Balaban J connectivity index is 0.000000331. The van der Waals surface area contributed by atoms with Gasteiger partial charge in [0.1, 0.15) is 26.4 Å². The van der Waals surface area contributed by atoms with E-state index < -0.39 is 0 Å². The molecule has 0 N–H and O–H groups in total. The monoisotopic (exact) mass is 1410 g/mol. The maximum absolute atomic E-state index is 5.95. The van der Waals surface area contributed by atoms with Gasteiger partial charge in [0.25, 0.3) is 0 Å². The third kappa shape index (κ3) is 36.1. The van der Waals surface area contributed by atoms with E-state index in [9.17, 15) is 0 Å². The minimum atomic E-state index is 0.535. The number of rotatable bonds is 47. The Labute approximate surface area is 624 Å². The molecular weight excluding hydrogens is 1300 g/mol. The largest absolute Gasteiger partial charge is 0.486 e. The van der Waals surface area contributed by atoms with Gasteiger partial charge in [-0.3, -0.25) is 0 Å². The van der Waals surface area contributed by atoms with E-state index in [0.717, 1.165) is 149 Å². The van der Waals surface area contributed by atoms with Crippen LogP contribution in [0.5, 0.6) is 69.0 Å². The van der Waals surface area contributed by atoms with Crippen molar-refractivity contribution >= 4 is 0 Å². The van der Waals surface area contributed by atoms with Crippen molar-refractivity contribution in [1.82, 2.24) is 0 Å². The van der Waals surface area contributed by atoms with E-state index in [1.807, 2.05) is 177 Å². The van der Waals surface area contributed by atoms with Gasteiger partial charge in [0.15, 0.2) is 69.0 Å². The lowest BCUT2D eigenvalue weighted by atomic mass is 10.0. The first-order valence-electron chi connectivity index (χ1n) is 36.9. The van der Waals surface area contributed by atoms with Crippen LogP contribution in [0.3, 0.4) is 0 Å². The van der Waals surface area contributed by atoms with Crippen molar-refractivity contribution in [2.24, 2.45) is 0 Å². The highest BCUT2D eigenvalue weighted by Crippen LogP contribution is 2.36. The van der Waals surface area contributed by atoms with Crippen LogP contribution in [0, 0.1) is 0 Å². The van der Waals surface area contributed by atoms with Crippen molar-refractivity contribution in [3.8, 4) is 69.0 Å². The molecule has 0 fully saturated rings. The molecule has 0 radical (unpaired) electrons. The molecule has 0 aliphatic heterocycles. The Morgan fingerprint density at radius 2 is 0.471 bits per heavy atom. The van der Waals surface area contributed by atoms with Crippen molar-refractivity contribution in [3.05, 3.63) is 290 Å². The van der Waals surface area contributed by atoms with E-state index in [4.69, 9.17) is 56.8 Å². The van der Waals surface area contributed by atoms with Gasteiger partial charge in [-0.15, -0.1) is 0 Å². The van der Waals surface area contributed by atoms with Crippen LogP contribution in [-0.2, 0) is 38.5 Å². The lowest BCUT2D eigenvalue weighted by Crippen LogP contribution is -2.01. The number of hydrogen-bond donors (Lipinski definition) is 0. The smallest absolute Gasteiger partial charge is 0.169 e. The van der Waals surface area contributed by atoms with Crippen LogP contribution in [0.25, 0.3) is 0 Å². The summed E-state index contributed by atoms with van der Waals surface area (Å²) in [5.74, 6) is 11.2. The average Bonchev–Trinajstić information content (AvgIpc) is 0.883. The van der Waals surface area contributed by atoms with Crippen molar-refractivity contribution in [1.29, 1.82) is 0 Å². The van der Waals surface area contributed by atoms with Gasteiger partial charge in [0, 0.05) is 0 Å². The molecule has 0 saturated heterocycles. The first-order chi connectivity index (χ1) is 50.6. The summed E-state index contributed by atoms with van der Waals surface area (Å²) in [7, 11) is 0. The number of benzene rings is 6. The molecule has 12 nitrogen and oxygen atoms in total. The van der Waals surface area contributed by atoms with E-state index in [1.165, 1.54) is 33.4 Å². The van der Waals surface area contributed by atoms with Crippen LogP contribution in [-0.4, -0.2) is 26.4 Å². The van der Waals surface area contributed by atoms with Crippen LogP contribution in [0.15, 0.2) is 257 Å². The summed E-state index contributed by atoms with van der Waals surface area (Å²) in [5.41, 5.74) is 7.36. The molecule has 0 bridgehead atoms. The summed E-state index contributed by atoms with van der Waals surface area (Å²) in [5, 5.41) is 0. The van der Waals surface area contributed by atoms with E-state index in [-0.39, 0.29) is 0 Å². The zero-order chi connectivity index (χ0) is 75.4. The molecule has 12 heteroatoms. The molecule has 0 spiro atoms. The molecular formula is C92H118O12. The maximum Gasteiger partial charge on any atom is 0.169 e. The molecule has 0 heterocycles. The molecule has 0 saturated carbocycles. The molecule has 0 atom stereocenters. The van der Waals surface area contributed by atoms with Gasteiger partial charge in [-0.25, -0.2) is 0 Å². The Morgan fingerprint density at radius 3 is 0.721 bits per heavy atom. The third-order valence-electron chi connectivity index (χ3n) is 15.1. The standard InChI is InChI=1S/2C32H42O4.C28H34O4/c2*1-5-9-21-33-29-19-17-27(25-31(29)35-23-11-7-3)15-13-14-16-28-18-20-30(34-22-10-6-2)32(26-28)36-24-12-8-4;1-19(2)29-25-15-13-23(17-27(25)31-21(5)6)11-9-10-12-24-14-16-26(30-20(3)4)28(18-24)32-22(7)8/h9-12,17-26H,5-8,13-16H2,1-4H3;5-12,17-20,25-26H,13-16,21-24H2,1-4H3;13-18H,1,3,5,7,9-12H2,2,4,6,8H3. The predicted molar refractivity (Wildman–Crippen MR) is 432 cm³/mol. The fourth-order valence-electron chi connectivity index (χ4n) is 9.95. The van der Waals surface area contributed by atoms with Gasteiger partial charge in [0.05, 0.1) is 48.1 Å². The zero-order valence-corrected chi connectivity index (χ0v) is 64.5. The molecule has 6 aromatic rings. The highest BCUT2D eigenvalue weighted by molar-refractivity contribution is 5.49. The fourth-order valence-corrected chi connectivity index (χ4v) is 9.95. The minimum absolute atomic E-state index is 0.535. The van der Waals surface area contributed by atoms with Gasteiger partial charge < -0.3 is 56.8 Å². The summed E-state index contributed by atoms with van der Waals surface area (Å²) in [6.45, 7) is 40.9. The second kappa shape index (κ2) is 52.7. The summed E-state index contributed by atoms with van der Waals surface area (Å²) in [6.07, 6.45) is 46.7. The van der Waals surface area contributed by atoms with Gasteiger partial charge in [-0.1, -0.05) is 139 Å². The third-order valence-corrected chi connectivity index (χ3v) is 15.1. The van der Waals surface area contributed by atoms with Crippen LogP contribution >= 0.6 is 0 Å². The zero-order valence-electron chi connectivity index (χ0n) is 64.5. The van der Waals surface area contributed by atoms with Gasteiger partial charge in [-0.05, 0) is 289 Å². The van der Waals surface area contributed by atoms with Crippen LogP contribution in [0.2, 0.25) is 0 Å². The normalized spacial score (nSPS) is 11.3. The maximum atomic E-state index is 5.95. The molecule has 0 aromatic heterocycles. The molecule has 0 amide bonds. The molecule has 6 aromatic carbocycles. The Kier molecular flexibility index (Phi) is 43.7. The second-order valence-electron chi connectivity index (χ2n) is 24.6. The summed E-state index contributed by atoms with van der Waals surface area (Å²) in [6, 6.07) is 36.9. The molecule has 104 heavy (non-hydrogen) atoms. The lowest BCUT2D eigenvalue weighted by Gasteiger charge is -2.14. The van der Waals surface area contributed by atoms with Crippen molar-refractivity contribution in [3.63, 3.8) is 0 Å². The van der Waals surface area contributed by atoms with Crippen molar-refractivity contribution in [2.45, 2.75) is 186 Å². The van der Waals surface area contributed by atoms with Gasteiger partial charge in [0.2, 0.25) is 0 Å². The topological polar surface area (TPSA) is 111 Å². The molecule has 0 aliphatic carbocycles. The Hall–Kier alpha value is -10.2. The molecule has 0 unspecified atom stereocenters. The van der Waals surface area contributed by atoms with Crippen LogP contribution < -0.4 is 56.8 Å². The summed E-state index contributed by atoms with van der Waals surface area (Å²) in [4.78, 5) is 0. The Bertz CT molecular complexity index is 3530. The van der Waals surface area contributed by atoms with E-state index in [1.54, 1.807) is 25.0 Å². The molecule has 0 aliphatic rings. The predicted octanol–water partition coefficient (Wildman–Crippen LogP) is 25.4. The first kappa shape index (κ1) is 86.2. The number of aryl methyl sites for hydroxylation is 6. The van der Waals surface area contributed by atoms with Crippen LogP contribution in [0.1, 0.15) is 181 Å². The number of ether oxygens (including phenoxy) is 12.